The predicted molar refractivity (Wildman–Crippen MR) is 55.2 cm³/mol. The topological polar surface area (TPSA) is 112 Å². The van der Waals surface area contributed by atoms with Crippen LogP contribution in [0.25, 0.3) is 0 Å². The number of aromatic amines is 1. The smallest absolute Gasteiger partial charge is 0.308 e. The Morgan fingerprint density at radius 1 is 1.50 bits per heavy atom. The zero-order valence-corrected chi connectivity index (χ0v) is 8.83. The van der Waals surface area contributed by atoms with Gasteiger partial charge in [-0.1, -0.05) is 0 Å². The molecule has 16 heavy (non-hydrogen) atoms. The van der Waals surface area contributed by atoms with Gasteiger partial charge in [-0.2, -0.15) is 0 Å². The van der Waals surface area contributed by atoms with Gasteiger partial charge in [-0.15, -0.1) is 0 Å². The van der Waals surface area contributed by atoms with E-state index in [0.29, 0.717) is 0 Å². The van der Waals surface area contributed by atoms with Crippen molar-refractivity contribution in [1.82, 2.24) is 9.97 Å². The third kappa shape index (κ3) is 2.91. The lowest BCUT2D eigenvalue weighted by atomic mass is 10.2. The highest BCUT2D eigenvalue weighted by molar-refractivity contribution is 5.86. The molecule has 7 heteroatoms. The van der Waals surface area contributed by atoms with Crippen LogP contribution < -0.4 is 10.9 Å². The van der Waals surface area contributed by atoms with Crippen LogP contribution in [-0.2, 0) is 16.0 Å². The van der Waals surface area contributed by atoms with Crippen molar-refractivity contribution in [2.24, 2.45) is 0 Å². The highest BCUT2D eigenvalue weighted by Crippen LogP contribution is 2.03. The number of H-pyrrole nitrogens is 1. The molecule has 1 heterocycles. The minimum Gasteiger partial charge on any atom is -0.481 e. The maximum atomic E-state index is 11.5. The van der Waals surface area contributed by atoms with E-state index in [-0.39, 0.29) is 23.1 Å². The first-order chi connectivity index (χ1) is 7.40. The van der Waals surface area contributed by atoms with Crippen molar-refractivity contribution in [2.45, 2.75) is 20.3 Å². The molecule has 0 aliphatic heterocycles. The summed E-state index contributed by atoms with van der Waals surface area (Å²) >= 11 is 0. The average Bonchev–Trinajstić information content (AvgIpc) is 2.10. The van der Waals surface area contributed by atoms with Gasteiger partial charge in [-0.25, -0.2) is 4.98 Å². The second-order valence-corrected chi connectivity index (χ2v) is 3.23. The standard InChI is InChI=1S/C9H11N3O4/c1-4-6(3-7(14)15)8(16)12-9(10-4)11-5(2)13/h3H2,1-2H3,(H,14,15)(H2,10,11,12,13,16). The van der Waals surface area contributed by atoms with Crippen molar-refractivity contribution in [3.05, 3.63) is 21.6 Å². The fourth-order valence-electron chi connectivity index (χ4n) is 1.20. The van der Waals surface area contributed by atoms with Gasteiger partial charge in [0.05, 0.1) is 12.1 Å². The third-order valence-electron chi connectivity index (χ3n) is 1.84. The molecule has 3 N–H and O–H groups in total. The molecule has 0 saturated carbocycles. The Morgan fingerprint density at radius 2 is 2.12 bits per heavy atom. The van der Waals surface area contributed by atoms with Gasteiger partial charge in [0.1, 0.15) is 0 Å². The molecule has 86 valence electrons. The molecular weight excluding hydrogens is 214 g/mol. The molecule has 1 amide bonds. The second-order valence-electron chi connectivity index (χ2n) is 3.23. The van der Waals surface area contributed by atoms with Crippen LogP contribution in [-0.4, -0.2) is 27.0 Å². The summed E-state index contributed by atoms with van der Waals surface area (Å²) in [6.07, 6.45) is -0.394. The number of hydrogen-bond acceptors (Lipinski definition) is 4. The number of aliphatic carboxylic acids is 1. The Labute approximate surface area is 90.5 Å². The summed E-state index contributed by atoms with van der Waals surface area (Å²) in [6.45, 7) is 2.79. The average molecular weight is 225 g/mol. The van der Waals surface area contributed by atoms with Crippen LogP contribution in [0.1, 0.15) is 18.2 Å². The lowest BCUT2D eigenvalue weighted by Gasteiger charge is -2.05. The van der Waals surface area contributed by atoms with Crippen molar-refractivity contribution in [3.8, 4) is 0 Å². The van der Waals surface area contributed by atoms with Gasteiger partial charge in [0, 0.05) is 12.5 Å². The van der Waals surface area contributed by atoms with E-state index in [1.165, 1.54) is 13.8 Å². The lowest BCUT2D eigenvalue weighted by molar-refractivity contribution is -0.136. The van der Waals surface area contributed by atoms with Gasteiger partial charge in [0.25, 0.3) is 5.56 Å². The second kappa shape index (κ2) is 4.56. The number of anilines is 1. The molecule has 0 atom stereocenters. The maximum absolute atomic E-state index is 11.5. The molecule has 1 aromatic rings. The summed E-state index contributed by atoms with van der Waals surface area (Å²) in [5.74, 6) is -1.46. The normalized spacial score (nSPS) is 9.88. The Hall–Kier alpha value is -2.18. The number of carboxylic acids is 1. The highest BCUT2D eigenvalue weighted by atomic mass is 16.4. The molecule has 0 saturated heterocycles. The largest absolute Gasteiger partial charge is 0.481 e. The van der Waals surface area contributed by atoms with E-state index >= 15 is 0 Å². The number of amides is 1. The summed E-state index contributed by atoms with van der Waals surface area (Å²) in [5.41, 5.74) is -0.185. The van der Waals surface area contributed by atoms with E-state index < -0.39 is 17.9 Å². The number of nitrogens with one attached hydrogen (secondary N) is 2. The molecule has 1 rings (SSSR count). The molecule has 0 spiro atoms. The summed E-state index contributed by atoms with van der Waals surface area (Å²) in [7, 11) is 0. The quantitative estimate of drug-likeness (QED) is 0.651. The van der Waals surface area contributed by atoms with Crippen molar-refractivity contribution >= 4 is 17.8 Å². The SMILES string of the molecule is CC(=O)Nc1nc(C)c(CC(=O)O)c(=O)[nH]1. The number of nitrogens with zero attached hydrogens (tertiary/aromatic N) is 1. The highest BCUT2D eigenvalue weighted by Gasteiger charge is 2.11. The minimum absolute atomic E-state index is 0.0177. The molecule has 1 aromatic heterocycles. The number of carbonyl (C=O) groups is 2. The molecule has 7 nitrogen and oxygen atoms in total. The molecule has 0 aliphatic carbocycles. The van der Waals surface area contributed by atoms with Crippen LogP contribution in [0.15, 0.2) is 4.79 Å². The Balaban J connectivity index is 3.12. The first kappa shape index (κ1) is 11.9. The molecule has 0 fully saturated rings. The minimum atomic E-state index is -1.11. The van der Waals surface area contributed by atoms with Crippen molar-refractivity contribution in [3.63, 3.8) is 0 Å². The van der Waals surface area contributed by atoms with Gasteiger partial charge >= 0.3 is 5.97 Å². The molecule has 0 aliphatic rings. The zero-order chi connectivity index (χ0) is 12.3. The third-order valence-corrected chi connectivity index (χ3v) is 1.84. The number of carbonyl (C=O) groups excluding carboxylic acids is 1. The molecule has 0 unspecified atom stereocenters. The van der Waals surface area contributed by atoms with E-state index in [4.69, 9.17) is 5.11 Å². The van der Waals surface area contributed by atoms with E-state index in [9.17, 15) is 14.4 Å². The number of aryl methyl sites for hydroxylation is 1. The first-order valence-corrected chi connectivity index (χ1v) is 4.49. The number of aromatic nitrogens is 2. The summed E-state index contributed by atoms with van der Waals surface area (Å²) in [4.78, 5) is 38.9. The number of hydrogen-bond donors (Lipinski definition) is 3. The van der Waals surface area contributed by atoms with Gasteiger partial charge in [-0.3, -0.25) is 24.7 Å². The van der Waals surface area contributed by atoms with Gasteiger partial charge in [0.2, 0.25) is 11.9 Å². The fourth-order valence-corrected chi connectivity index (χ4v) is 1.20. The van der Waals surface area contributed by atoms with Crippen molar-refractivity contribution in [2.75, 3.05) is 5.32 Å². The van der Waals surface area contributed by atoms with Gasteiger partial charge in [-0.05, 0) is 6.92 Å². The summed E-state index contributed by atoms with van der Waals surface area (Å²) in [5, 5.41) is 10.9. The van der Waals surface area contributed by atoms with E-state index in [1.54, 1.807) is 0 Å². The number of carboxylic acid groups (broad SMARTS) is 1. The van der Waals surface area contributed by atoms with E-state index in [0.717, 1.165) is 0 Å². The lowest BCUT2D eigenvalue weighted by Crippen LogP contribution is -2.22. The van der Waals surface area contributed by atoms with Gasteiger partial charge in [0.15, 0.2) is 0 Å². The Kier molecular flexibility index (Phi) is 3.39. The Bertz CT molecular complexity index is 492. The monoisotopic (exact) mass is 225 g/mol. The predicted octanol–water partition coefficient (Wildman–Crippen LogP) is -0.336. The molecule has 0 radical (unpaired) electrons. The van der Waals surface area contributed by atoms with E-state index in [1.807, 2.05) is 0 Å². The van der Waals surface area contributed by atoms with Crippen LogP contribution >= 0.6 is 0 Å². The van der Waals surface area contributed by atoms with Crippen molar-refractivity contribution in [1.29, 1.82) is 0 Å². The molecule has 0 bridgehead atoms. The van der Waals surface area contributed by atoms with Crippen LogP contribution in [0.4, 0.5) is 5.95 Å². The van der Waals surface area contributed by atoms with Crippen LogP contribution in [0.3, 0.4) is 0 Å². The van der Waals surface area contributed by atoms with E-state index in [2.05, 4.69) is 15.3 Å². The van der Waals surface area contributed by atoms with Crippen LogP contribution in [0.5, 0.6) is 0 Å². The van der Waals surface area contributed by atoms with Crippen molar-refractivity contribution < 1.29 is 14.7 Å². The molecular formula is C9H11N3O4. The van der Waals surface area contributed by atoms with Gasteiger partial charge < -0.3 is 5.11 Å². The first-order valence-electron chi connectivity index (χ1n) is 4.49. The molecule has 0 aromatic carbocycles. The number of rotatable bonds is 3. The van der Waals surface area contributed by atoms with Crippen LogP contribution in [0, 0.1) is 6.92 Å². The maximum Gasteiger partial charge on any atom is 0.308 e. The Morgan fingerprint density at radius 3 is 2.56 bits per heavy atom. The van der Waals surface area contributed by atoms with Crippen LogP contribution in [0.2, 0.25) is 0 Å². The zero-order valence-electron chi connectivity index (χ0n) is 8.83. The summed E-state index contributed by atoms with van der Waals surface area (Å²) < 4.78 is 0. The fraction of sp³-hybridized carbons (Fsp3) is 0.333. The summed E-state index contributed by atoms with van der Waals surface area (Å²) in [6, 6.07) is 0.